The number of hydrogen-bond acceptors (Lipinski definition) is 4. The van der Waals surface area contributed by atoms with Gasteiger partial charge in [-0.3, -0.25) is 9.59 Å². The molecule has 0 aromatic heterocycles. The van der Waals surface area contributed by atoms with Crippen molar-refractivity contribution in [2.24, 2.45) is 17.8 Å². The Hall–Kier alpha value is -2.08. The Morgan fingerprint density at radius 3 is 2.79 bits per heavy atom. The number of ether oxygens (including phenoxy) is 1. The van der Waals surface area contributed by atoms with Crippen LogP contribution in [0.3, 0.4) is 0 Å². The van der Waals surface area contributed by atoms with E-state index < -0.39 is 0 Å². The van der Waals surface area contributed by atoms with E-state index in [2.05, 4.69) is 17.6 Å². The minimum absolute atomic E-state index is 0.0109. The average molecular weight is 386 g/mol. The van der Waals surface area contributed by atoms with Crippen molar-refractivity contribution >= 4 is 11.8 Å². The van der Waals surface area contributed by atoms with Gasteiger partial charge in [0, 0.05) is 44.1 Å². The van der Waals surface area contributed by atoms with Gasteiger partial charge in [-0.05, 0) is 62.3 Å². The number of benzene rings is 1. The van der Waals surface area contributed by atoms with E-state index in [0.29, 0.717) is 36.9 Å². The Labute approximate surface area is 167 Å². The summed E-state index contributed by atoms with van der Waals surface area (Å²) in [4.78, 5) is 25.5. The van der Waals surface area contributed by atoms with Crippen LogP contribution in [-0.2, 0) is 11.3 Å². The van der Waals surface area contributed by atoms with E-state index in [1.807, 2.05) is 23.1 Å². The minimum Gasteiger partial charge on any atom is -0.493 e. The molecule has 2 saturated heterocycles. The third-order valence-corrected chi connectivity index (χ3v) is 6.93. The monoisotopic (exact) mass is 385 g/mol. The van der Waals surface area contributed by atoms with Crippen LogP contribution in [0.5, 0.6) is 5.75 Å². The van der Waals surface area contributed by atoms with Gasteiger partial charge in [0.25, 0.3) is 5.91 Å². The third-order valence-electron chi connectivity index (χ3n) is 6.93. The van der Waals surface area contributed by atoms with E-state index in [1.54, 1.807) is 6.92 Å². The zero-order valence-corrected chi connectivity index (χ0v) is 16.9. The van der Waals surface area contributed by atoms with Crippen LogP contribution in [0, 0.1) is 17.8 Å². The topological polar surface area (TPSA) is 70.7 Å². The lowest BCUT2D eigenvalue weighted by Crippen LogP contribution is -2.50. The number of likely N-dealkylation sites (tertiary alicyclic amines) is 1. The molecule has 152 valence electrons. The molecule has 0 saturated carbocycles. The van der Waals surface area contributed by atoms with Crippen molar-refractivity contribution in [1.82, 2.24) is 15.5 Å². The SMILES string of the molecule is CC(=O)N1CCC(C2CCNC(C)C2COc2ccc3c(c2)C(=O)NC3)CC1. The molecular formula is C22H31N3O3. The van der Waals surface area contributed by atoms with Gasteiger partial charge >= 0.3 is 0 Å². The molecule has 0 radical (unpaired) electrons. The maximum Gasteiger partial charge on any atom is 0.252 e. The molecule has 3 atom stereocenters. The summed E-state index contributed by atoms with van der Waals surface area (Å²) in [5.74, 6) is 2.66. The summed E-state index contributed by atoms with van der Waals surface area (Å²) in [5, 5.41) is 6.46. The summed E-state index contributed by atoms with van der Waals surface area (Å²) < 4.78 is 6.19. The van der Waals surface area contributed by atoms with Gasteiger partial charge in [0.15, 0.2) is 0 Å². The van der Waals surface area contributed by atoms with Crippen LogP contribution >= 0.6 is 0 Å². The van der Waals surface area contributed by atoms with Crippen LogP contribution in [0.2, 0.25) is 0 Å². The van der Waals surface area contributed by atoms with Crippen LogP contribution in [-0.4, -0.2) is 49.0 Å². The van der Waals surface area contributed by atoms with Crippen molar-refractivity contribution in [2.45, 2.75) is 45.7 Å². The number of fused-ring (bicyclic) bond motifs is 1. The third kappa shape index (κ3) is 3.88. The van der Waals surface area contributed by atoms with E-state index in [4.69, 9.17) is 4.74 Å². The molecule has 6 heteroatoms. The molecular weight excluding hydrogens is 354 g/mol. The fourth-order valence-electron chi connectivity index (χ4n) is 5.18. The molecule has 2 N–H and O–H groups in total. The van der Waals surface area contributed by atoms with Crippen molar-refractivity contribution in [2.75, 3.05) is 26.2 Å². The van der Waals surface area contributed by atoms with Gasteiger partial charge in [-0.15, -0.1) is 0 Å². The highest BCUT2D eigenvalue weighted by molar-refractivity contribution is 5.98. The largest absolute Gasteiger partial charge is 0.493 e. The fraction of sp³-hybridized carbons (Fsp3) is 0.636. The molecule has 3 aliphatic rings. The quantitative estimate of drug-likeness (QED) is 0.834. The number of carbonyl (C=O) groups is 2. The van der Waals surface area contributed by atoms with Crippen molar-refractivity contribution < 1.29 is 14.3 Å². The molecule has 28 heavy (non-hydrogen) atoms. The predicted molar refractivity (Wildman–Crippen MR) is 107 cm³/mol. The second-order valence-electron chi connectivity index (χ2n) is 8.52. The van der Waals surface area contributed by atoms with Gasteiger partial charge in [-0.2, -0.15) is 0 Å². The van der Waals surface area contributed by atoms with Gasteiger partial charge in [-0.1, -0.05) is 6.07 Å². The Kier molecular flexibility index (Phi) is 5.58. The first kappa shape index (κ1) is 19.2. The smallest absolute Gasteiger partial charge is 0.252 e. The molecule has 1 aromatic rings. The first-order chi connectivity index (χ1) is 13.5. The minimum atomic E-state index is -0.0109. The highest BCUT2D eigenvalue weighted by atomic mass is 16.5. The zero-order chi connectivity index (χ0) is 19.7. The Morgan fingerprint density at radius 1 is 1.25 bits per heavy atom. The lowest BCUT2D eigenvalue weighted by Gasteiger charge is -2.44. The summed E-state index contributed by atoms with van der Waals surface area (Å²) >= 11 is 0. The van der Waals surface area contributed by atoms with Crippen LogP contribution in [0.15, 0.2) is 18.2 Å². The highest BCUT2D eigenvalue weighted by Crippen LogP contribution is 2.37. The second-order valence-corrected chi connectivity index (χ2v) is 8.52. The molecule has 0 aliphatic carbocycles. The van der Waals surface area contributed by atoms with E-state index in [1.165, 1.54) is 0 Å². The molecule has 3 heterocycles. The van der Waals surface area contributed by atoms with Gasteiger partial charge in [-0.25, -0.2) is 0 Å². The van der Waals surface area contributed by atoms with Gasteiger partial charge < -0.3 is 20.3 Å². The molecule has 0 bridgehead atoms. The summed E-state index contributed by atoms with van der Waals surface area (Å²) in [5.41, 5.74) is 1.78. The standard InChI is InChI=1S/C22H31N3O3/c1-14-21(13-28-18-4-3-17-12-24-22(27)20(17)11-18)19(5-8-23-14)16-6-9-25(10-7-16)15(2)26/h3-4,11,14,16,19,21,23H,5-10,12-13H2,1-2H3,(H,24,27). The first-order valence-electron chi connectivity index (χ1n) is 10.6. The number of nitrogens with zero attached hydrogens (tertiary/aromatic N) is 1. The van der Waals surface area contributed by atoms with Crippen molar-refractivity contribution in [1.29, 1.82) is 0 Å². The Balaban J connectivity index is 1.41. The van der Waals surface area contributed by atoms with Crippen molar-refractivity contribution in [3.8, 4) is 5.75 Å². The zero-order valence-electron chi connectivity index (χ0n) is 16.9. The number of carbonyl (C=O) groups excluding carboxylic acids is 2. The Bertz CT molecular complexity index is 743. The van der Waals surface area contributed by atoms with Gasteiger partial charge in [0.1, 0.15) is 5.75 Å². The maximum absolute atomic E-state index is 11.9. The molecule has 2 amide bonds. The number of rotatable bonds is 4. The van der Waals surface area contributed by atoms with Gasteiger partial charge in [0.2, 0.25) is 5.91 Å². The predicted octanol–water partition coefficient (Wildman–Crippen LogP) is 2.18. The van der Waals surface area contributed by atoms with E-state index in [9.17, 15) is 9.59 Å². The maximum atomic E-state index is 11.9. The summed E-state index contributed by atoms with van der Waals surface area (Å²) in [6.07, 6.45) is 3.34. The average Bonchev–Trinajstić information content (AvgIpc) is 3.07. The second kappa shape index (κ2) is 8.11. The van der Waals surface area contributed by atoms with Crippen LogP contribution in [0.1, 0.15) is 49.0 Å². The first-order valence-corrected chi connectivity index (χ1v) is 10.6. The molecule has 4 rings (SSSR count). The van der Waals surface area contributed by atoms with Crippen molar-refractivity contribution in [3.63, 3.8) is 0 Å². The van der Waals surface area contributed by atoms with E-state index in [0.717, 1.165) is 55.8 Å². The Morgan fingerprint density at radius 2 is 2.04 bits per heavy atom. The molecule has 3 aliphatic heterocycles. The summed E-state index contributed by atoms with van der Waals surface area (Å²) in [6.45, 7) is 8.00. The lowest BCUT2D eigenvalue weighted by atomic mass is 9.71. The number of amides is 2. The molecule has 1 aromatic carbocycles. The van der Waals surface area contributed by atoms with Crippen LogP contribution in [0.25, 0.3) is 0 Å². The van der Waals surface area contributed by atoms with E-state index >= 15 is 0 Å². The summed E-state index contributed by atoms with van der Waals surface area (Å²) in [7, 11) is 0. The molecule has 0 spiro atoms. The molecule has 3 unspecified atom stereocenters. The number of nitrogens with one attached hydrogen (secondary N) is 2. The van der Waals surface area contributed by atoms with Gasteiger partial charge in [0.05, 0.1) is 6.61 Å². The van der Waals surface area contributed by atoms with Crippen LogP contribution < -0.4 is 15.4 Å². The van der Waals surface area contributed by atoms with Crippen molar-refractivity contribution in [3.05, 3.63) is 29.3 Å². The fourth-order valence-corrected chi connectivity index (χ4v) is 5.18. The highest BCUT2D eigenvalue weighted by Gasteiger charge is 2.37. The molecule has 6 nitrogen and oxygen atoms in total. The molecule has 2 fully saturated rings. The van der Waals surface area contributed by atoms with E-state index in [-0.39, 0.29) is 11.8 Å². The van der Waals surface area contributed by atoms with Crippen LogP contribution in [0.4, 0.5) is 0 Å². The normalized spacial score (nSPS) is 28.0. The number of hydrogen-bond donors (Lipinski definition) is 2. The summed E-state index contributed by atoms with van der Waals surface area (Å²) in [6, 6.07) is 6.24. The lowest BCUT2D eigenvalue weighted by molar-refractivity contribution is -0.130. The number of piperidine rings is 2.